The van der Waals surface area contributed by atoms with E-state index in [0.717, 1.165) is 5.56 Å². The lowest BCUT2D eigenvalue weighted by molar-refractivity contribution is 0.533. The van der Waals surface area contributed by atoms with Crippen LogP contribution in [-0.4, -0.2) is 12.6 Å². The van der Waals surface area contributed by atoms with Crippen molar-refractivity contribution in [3.05, 3.63) is 35.1 Å². The van der Waals surface area contributed by atoms with E-state index in [2.05, 4.69) is 5.32 Å². The standard InChI is InChI=1S/C11H17FN2/c1-8-3-4-10(11(12)5-8)7-14-9(2)6-13/h3-5,9,14H,6-7,13H2,1-2H3/t9-/m1/s1. The van der Waals surface area contributed by atoms with Crippen LogP contribution in [-0.2, 0) is 6.54 Å². The minimum Gasteiger partial charge on any atom is -0.329 e. The zero-order valence-corrected chi connectivity index (χ0v) is 8.68. The van der Waals surface area contributed by atoms with Gasteiger partial charge in [0.1, 0.15) is 5.82 Å². The second-order valence-electron chi connectivity index (χ2n) is 3.61. The summed E-state index contributed by atoms with van der Waals surface area (Å²) in [5.74, 6) is -0.151. The number of rotatable bonds is 4. The van der Waals surface area contributed by atoms with E-state index >= 15 is 0 Å². The molecule has 3 heteroatoms. The Labute approximate surface area is 84.3 Å². The van der Waals surface area contributed by atoms with E-state index in [0.29, 0.717) is 18.7 Å². The molecule has 0 saturated carbocycles. The van der Waals surface area contributed by atoms with Crippen LogP contribution in [0.2, 0.25) is 0 Å². The van der Waals surface area contributed by atoms with E-state index in [1.54, 1.807) is 12.1 Å². The van der Waals surface area contributed by atoms with Crippen molar-refractivity contribution in [1.29, 1.82) is 0 Å². The van der Waals surface area contributed by atoms with Crippen LogP contribution >= 0.6 is 0 Å². The number of aryl methyl sites for hydroxylation is 1. The summed E-state index contributed by atoms with van der Waals surface area (Å²) in [5, 5.41) is 3.14. The molecule has 0 bridgehead atoms. The molecule has 0 unspecified atom stereocenters. The van der Waals surface area contributed by atoms with Crippen LogP contribution in [0.5, 0.6) is 0 Å². The van der Waals surface area contributed by atoms with Crippen molar-refractivity contribution in [3.8, 4) is 0 Å². The highest BCUT2D eigenvalue weighted by atomic mass is 19.1. The summed E-state index contributed by atoms with van der Waals surface area (Å²) in [6, 6.07) is 5.48. The molecule has 0 fully saturated rings. The highest BCUT2D eigenvalue weighted by Gasteiger charge is 2.03. The Morgan fingerprint density at radius 1 is 1.50 bits per heavy atom. The highest BCUT2D eigenvalue weighted by molar-refractivity contribution is 5.23. The quantitative estimate of drug-likeness (QED) is 0.767. The maximum Gasteiger partial charge on any atom is 0.127 e. The van der Waals surface area contributed by atoms with Gasteiger partial charge < -0.3 is 11.1 Å². The molecule has 2 nitrogen and oxygen atoms in total. The van der Waals surface area contributed by atoms with E-state index in [1.807, 2.05) is 19.9 Å². The number of hydrogen-bond acceptors (Lipinski definition) is 2. The molecule has 0 spiro atoms. The van der Waals surface area contributed by atoms with Gasteiger partial charge in [-0.3, -0.25) is 0 Å². The van der Waals surface area contributed by atoms with Crippen LogP contribution in [0.25, 0.3) is 0 Å². The molecule has 0 saturated heterocycles. The van der Waals surface area contributed by atoms with E-state index in [4.69, 9.17) is 5.73 Å². The third kappa shape index (κ3) is 3.09. The predicted molar refractivity (Wildman–Crippen MR) is 56.5 cm³/mol. The van der Waals surface area contributed by atoms with Gasteiger partial charge in [-0.1, -0.05) is 12.1 Å². The lowest BCUT2D eigenvalue weighted by atomic mass is 10.1. The Kier molecular flexibility index (Phi) is 4.04. The SMILES string of the molecule is Cc1ccc(CN[C@H](C)CN)c(F)c1. The molecule has 0 aliphatic rings. The van der Waals surface area contributed by atoms with Crippen molar-refractivity contribution in [2.45, 2.75) is 26.4 Å². The topological polar surface area (TPSA) is 38.0 Å². The number of nitrogens with one attached hydrogen (secondary N) is 1. The maximum absolute atomic E-state index is 13.3. The normalized spacial score (nSPS) is 12.9. The van der Waals surface area contributed by atoms with Crippen molar-refractivity contribution < 1.29 is 4.39 Å². The average Bonchev–Trinajstić information content (AvgIpc) is 2.16. The predicted octanol–water partition coefficient (Wildman–Crippen LogP) is 1.57. The van der Waals surface area contributed by atoms with E-state index < -0.39 is 0 Å². The van der Waals surface area contributed by atoms with Gasteiger partial charge in [-0.05, 0) is 25.5 Å². The molecule has 3 N–H and O–H groups in total. The first-order valence-electron chi connectivity index (χ1n) is 4.82. The molecule has 78 valence electrons. The third-order valence-electron chi connectivity index (χ3n) is 2.20. The maximum atomic E-state index is 13.3. The summed E-state index contributed by atoms with van der Waals surface area (Å²) >= 11 is 0. The smallest absolute Gasteiger partial charge is 0.127 e. The Hall–Kier alpha value is -0.930. The van der Waals surface area contributed by atoms with Gasteiger partial charge in [-0.25, -0.2) is 4.39 Å². The molecule has 0 aromatic heterocycles. The van der Waals surface area contributed by atoms with Crippen LogP contribution in [0.3, 0.4) is 0 Å². The summed E-state index contributed by atoms with van der Waals surface area (Å²) in [6.07, 6.45) is 0. The monoisotopic (exact) mass is 196 g/mol. The van der Waals surface area contributed by atoms with Gasteiger partial charge in [0.25, 0.3) is 0 Å². The summed E-state index contributed by atoms with van der Waals surface area (Å²) in [5.41, 5.74) is 7.08. The van der Waals surface area contributed by atoms with Crippen molar-refractivity contribution in [1.82, 2.24) is 5.32 Å². The molecule has 1 atom stereocenters. The van der Waals surface area contributed by atoms with Gasteiger partial charge in [0.05, 0.1) is 0 Å². The zero-order valence-electron chi connectivity index (χ0n) is 8.68. The van der Waals surface area contributed by atoms with Crippen LogP contribution in [0.15, 0.2) is 18.2 Å². The van der Waals surface area contributed by atoms with E-state index in [9.17, 15) is 4.39 Å². The first-order chi connectivity index (χ1) is 6.63. The third-order valence-corrected chi connectivity index (χ3v) is 2.20. The molecule has 0 amide bonds. The average molecular weight is 196 g/mol. The van der Waals surface area contributed by atoms with Gasteiger partial charge in [0.15, 0.2) is 0 Å². The second-order valence-corrected chi connectivity index (χ2v) is 3.61. The second kappa shape index (κ2) is 5.08. The largest absolute Gasteiger partial charge is 0.329 e. The lowest BCUT2D eigenvalue weighted by Gasteiger charge is -2.11. The van der Waals surface area contributed by atoms with Crippen molar-refractivity contribution in [2.75, 3.05) is 6.54 Å². The minimum absolute atomic E-state index is 0.151. The Balaban J connectivity index is 2.59. The van der Waals surface area contributed by atoms with Crippen molar-refractivity contribution >= 4 is 0 Å². The molecule has 0 aliphatic heterocycles. The Bertz CT molecular complexity index is 299. The summed E-state index contributed by atoms with van der Waals surface area (Å²) in [4.78, 5) is 0. The van der Waals surface area contributed by atoms with Gasteiger partial charge in [-0.2, -0.15) is 0 Å². The van der Waals surface area contributed by atoms with Crippen LogP contribution in [0.4, 0.5) is 4.39 Å². The number of hydrogen-bond donors (Lipinski definition) is 2. The van der Waals surface area contributed by atoms with E-state index in [-0.39, 0.29) is 11.9 Å². The van der Waals surface area contributed by atoms with Gasteiger partial charge in [0.2, 0.25) is 0 Å². The number of benzene rings is 1. The first kappa shape index (κ1) is 11.1. The van der Waals surface area contributed by atoms with Crippen molar-refractivity contribution in [3.63, 3.8) is 0 Å². The van der Waals surface area contributed by atoms with Gasteiger partial charge in [0, 0.05) is 24.7 Å². The molecule has 1 aromatic carbocycles. The fourth-order valence-electron chi connectivity index (χ4n) is 1.16. The molecule has 1 rings (SSSR count). The Morgan fingerprint density at radius 3 is 2.79 bits per heavy atom. The summed E-state index contributed by atoms with van der Waals surface area (Å²) < 4.78 is 13.3. The molecule has 0 aliphatic carbocycles. The van der Waals surface area contributed by atoms with Crippen molar-refractivity contribution in [2.24, 2.45) is 5.73 Å². The lowest BCUT2D eigenvalue weighted by Crippen LogP contribution is -2.32. The molecular weight excluding hydrogens is 179 g/mol. The van der Waals surface area contributed by atoms with Crippen LogP contribution < -0.4 is 11.1 Å². The zero-order chi connectivity index (χ0) is 10.6. The summed E-state index contributed by atoms with van der Waals surface area (Å²) in [6.45, 7) is 4.95. The molecular formula is C11H17FN2. The first-order valence-corrected chi connectivity index (χ1v) is 4.82. The Morgan fingerprint density at radius 2 is 2.21 bits per heavy atom. The number of nitrogens with two attached hydrogens (primary N) is 1. The number of halogens is 1. The van der Waals surface area contributed by atoms with Gasteiger partial charge >= 0.3 is 0 Å². The molecule has 1 aromatic rings. The summed E-state index contributed by atoms with van der Waals surface area (Å²) in [7, 11) is 0. The molecule has 0 radical (unpaired) electrons. The molecule has 0 heterocycles. The fraction of sp³-hybridized carbons (Fsp3) is 0.455. The van der Waals surface area contributed by atoms with E-state index in [1.165, 1.54) is 0 Å². The minimum atomic E-state index is -0.151. The van der Waals surface area contributed by atoms with Gasteiger partial charge in [-0.15, -0.1) is 0 Å². The van der Waals surface area contributed by atoms with Crippen LogP contribution in [0.1, 0.15) is 18.1 Å². The highest BCUT2D eigenvalue weighted by Crippen LogP contribution is 2.09. The fourth-order valence-corrected chi connectivity index (χ4v) is 1.16. The van der Waals surface area contributed by atoms with Crippen LogP contribution in [0, 0.1) is 12.7 Å². The molecule has 14 heavy (non-hydrogen) atoms.